The zero-order valence-electron chi connectivity index (χ0n) is 14.0. The molecule has 5 nitrogen and oxygen atoms in total. The summed E-state index contributed by atoms with van der Waals surface area (Å²) in [5, 5.41) is 2.80. The second-order valence-corrected chi connectivity index (χ2v) is 6.63. The Bertz CT molecular complexity index is 503. The lowest BCUT2D eigenvalue weighted by Gasteiger charge is -2.27. The molecule has 134 valence electrons. The number of hydrogen-bond acceptors (Lipinski definition) is 4. The molecular formula is C18H28FN3O2. The molecule has 0 spiro atoms. The van der Waals surface area contributed by atoms with Gasteiger partial charge in [-0.3, -0.25) is 9.63 Å². The summed E-state index contributed by atoms with van der Waals surface area (Å²) < 4.78 is 12.9. The molecular weight excluding hydrogens is 309 g/mol. The minimum Gasteiger partial charge on any atom is -0.353 e. The highest BCUT2D eigenvalue weighted by atomic mass is 19.1. The van der Waals surface area contributed by atoms with Gasteiger partial charge < -0.3 is 11.1 Å². The highest BCUT2D eigenvalue weighted by Gasteiger charge is 2.28. The molecule has 0 aromatic heterocycles. The van der Waals surface area contributed by atoms with Crippen LogP contribution >= 0.6 is 0 Å². The maximum atomic E-state index is 12.9. The smallest absolute Gasteiger partial charge is 0.252 e. The summed E-state index contributed by atoms with van der Waals surface area (Å²) in [6.07, 6.45) is 6.61. The summed E-state index contributed by atoms with van der Waals surface area (Å²) in [7, 11) is 0. The van der Waals surface area contributed by atoms with Crippen LogP contribution in [0.4, 0.5) is 4.39 Å². The molecule has 2 atom stereocenters. The quantitative estimate of drug-likeness (QED) is 0.633. The van der Waals surface area contributed by atoms with E-state index in [1.54, 1.807) is 12.1 Å². The summed E-state index contributed by atoms with van der Waals surface area (Å²) in [6, 6.07) is 5.82. The van der Waals surface area contributed by atoms with Crippen LogP contribution in [0.15, 0.2) is 24.3 Å². The molecule has 2 unspecified atom stereocenters. The van der Waals surface area contributed by atoms with Gasteiger partial charge in [0.15, 0.2) is 6.10 Å². The number of carbonyl (C=O) groups excluding carboxylic acids is 1. The Balaban J connectivity index is 1.76. The average Bonchev–Trinajstić information content (AvgIpc) is 2.58. The predicted molar refractivity (Wildman–Crippen MR) is 91.3 cm³/mol. The largest absolute Gasteiger partial charge is 0.353 e. The van der Waals surface area contributed by atoms with E-state index in [1.807, 2.05) is 0 Å². The molecule has 1 aliphatic carbocycles. The van der Waals surface area contributed by atoms with Gasteiger partial charge in [-0.05, 0) is 36.5 Å². The van der Waals surface area contributed by atoms with Crippen molar-refractivity contribution in [1.29, 1.82) is 0 Å². The van der Waals surface area contributed by atoms with Crippen molar-refractivity contribution in [1.82, 2.24) is 5.32 Å². The van der Waals surface area contributed by atoms with E-state index in [4.69, 9.17) is 16.5 Å². The fourth-order valence-corrected chi connectivity index (χ4v) is 3.37. The van der Waals surface area contributed by atoms with E-state index in [9.17, 15) is 9.18 Å². The molecule has 0 radical (unpaired) electrons. The van der Waals surface area contributed by atoms with E-state index < -0.39 is 12.1 Å². The van der Waals surface area contributed by atoms with Crippen LogP contribution in [-0.2, 0) is 16.1 Å². The van der Waals surface area contributed by atoms with Crippen molar-refractivity contribution in [2.24, 2.45) is 17.5 Å². The van der Waals surface area contributed by atoms with Gasteiger partial charge in [0, 0.05) is 12.6 Å². The fourth-order valence-electron chi connectivity index (χ4n) is 3.37. The van der Waals surface area contributed by atoms with Gasteiger partial charge in [-0.2, -0.15) is 0 Å². The lowest BCUT2D eigenvalue weighted by molar-refractivity contribution is -0.134. The fraction of sp³-hybridized carbons (Fsp3) is 0.611. The number of halogens is 1. The van der Waals surface area contributed by atoms with Crippen LogP contribution in [0.2, 0.25) is 0 Å². The molecule has 1 aromatic rings. The van der Waals surface area contributed by atoms with Crippen molar-refractivity contribution < 1.29 is 14.0 Å². The van der Waals surface area contributed by atoms with Crippen LogP contribution in [0.1, 0.15) is 44.1 Å². The number of nitrogens with two attached hydrogens (primary N) is 2. The Labute approximate surface area is 142 Å². The van der Waals surface area contributed by atoms with E-state index in [0.717, 1.165) is 24.8 Å². The molecule has 1 aliphatic rings. The maximum Gasteiger partial charge on any atom is 0.252 e. The Hall–Kier alpha value is -1.50. The maximum absolute atomic E-state index is 12.9. The summed E-state index contributed by atoms with van der Waals surface area (Å²) in [5.74, 6) is 5.29. The lowest BCUT2D eigenvalue weighted by atomic mass is 9.84. The minimum atomic E-state index is -0.833. The van der Waals surface area contributed by atoms with Crippen LogP contribution in [0.3, 0.4) is 0 Å². The van der Waals surface area contributed by atoms with Crippen molar-refractivity contribution in [2.45, 2.75) is 57.1 Å². The normalized spacial score (nSPS) is 18.1. The SMILES string of the molecule is NOC(C(=O)NCCc1ccc(F)cc1)C(N)CC1CCCCC1. The predicted octanol–water partition coefficient (Wildman–Crippen LogP) is 2.04. The first-order valence-electron chi connectivity index (χ1n) is 8.73. The van der Waals surface area contributed by atoms with Crippen LogP contribution in [0, 0.1) is 11.7 Å². The Morgan fingerprint density at radius 2 is 1.92 bits per heavy atom. The molecule has 24 heavy (non-hydrogen) atoms. The van der Waals surface area contributed by atoms with Gasteiger partial charge in [-0.1, -0.05) is 44.2 Å². The molecule has 5 N–H and O–H groups in total. The van der Waals surface area contributed by atoms with Gasteiger partial charge in [0.05, 0.1) is 0 Å². The van der Waals surface area contributed by atoms with Gasteiger partial charge in [0.2, 0.25) is 0 Å². The number of hydrogen-bond donors (Lipinski definition) is 3. The summed E-state index contributed by atoms with van der Waals surface area (Å²) in [4.78, 5) is 17.1. The summed E-state index contributed by atoms with van der Waals surface area (Å²) in [6.45, 7) is 0.431. The van der Waals surface area contributed by atoms with E-state index in [1.165, 1.54) is 31.4 Å². The van der Waals surface area contributed by atoms with Gasteiger partial charge in [0.1, 0.15) is 5.82 Å². The molecule has 1 aromatic carbocycles. The van der Waals surface area contributed by atoms with Crippen LogP contribution in [0.5, 0.6) is 0 Å². The molecule has 0 bridgehead atoms. The number of amides is 1. The molecule has 0 heterocycles. The Morgan fingerprint density at radius 1 is 1.25 bits per heavy atom. The number of benzene rings is 1. The third-order valence-electron chi connectivity index (χ3n) is 4.75. The van der Waals surface area contributed by atoms with Gasteiger partial charge in [-0.15, -0.1) is 0 Å². The van der Waals surface area contributed by atoms with Gasteiger partial charge in [-0.25, -0.2) is 10.3 Å². The van der Waals surface area contributed by atoms with Crippen LogP contribution < -0.4 is 16.9 Å². The minimum absolute atomic E-state index is 0.270. The first-order valence-corrected chi connectivity index (χ1v) is 8.73. The highest BCUT2D eigenvalue weighted by molar-refractivity contribution is 5.81. The second-order valence-electron chi connectivity index (χ2n) is 6.63. The number of rotatable bonds is 8. The van der Waals surface area contributed by atoms with E-state index in [2.05, 4.69) is 5.32 Å². The Kier molecular flexibility index (Phi) is 7.62. The molecule has 1 fully saturated rings. The third-order valence-corrected chi connectivity index (χ3v) is 4.75. The molecule has 0 aliphatic heterocycles. The van der Waals surface area contributed by atoms with Crippen molar-refractivity contribution in [3.05, 3.63) is 35.6 Å². The van der Waals surface area contributed by atoms with Crippen LogP contribution in [-0.4, -0.2) is 24.6 Å². The highest BCUT2D eigenvalue weighted by Crippen LogP contribution is 2.27. The first-order chi connectivity index (χ1) is 11.6. The third kappa shape index (κ3) is 5.85. The molecule has 0 saturated heterocycles. The molecule has 6 heteroatoms. The van der Waals surface area contributed by atoms with Crippen molar-refractivity contribution in [2.75, 3.05) is 6.54 Å². The first kappa shape index (κ1) is 18.8. The molecule has 2 rings (SSSR count). The number of carbonyl (C=O) groups is 1. The molecule has 1 saturated carbocycles. The van der Waals surface area contributed by atoms with Crippen LogP contribution in [0.25, 0.3) is 0 Å². The van der Waals surface area contributed by atoms with E-state index in [-0.39, 0.29) is 11.7 Å². The topological polar surface area (TPSA) is 90.4 Å². The zero-order valence-corrected chi connectivity index (χ0v) is 14.0. The second kappa shape index (κ2) is 9.71. The Morgan fingerprint density at radius 3 is 2.54 bits per heavy atom. The van der Waals surface area contributed by atoms with Crippen molar-refractivity contribution >= 4 is 5.91 Å². The number of nitrogens with one attached hydrogen (secondary N) is 1. The summed E-state index contributed by atoms with van der Waals surface area (Å²) in [5.41, 5.74) is 7.10. The molecule has 1 amide bonds. The average molecular weight is 337 g/mol. The van der Waals surface area contributed by atoms with Gasteiger partial charge >= 0.3 is 0 Å². The van der Waals surface area contributed by atoms with Crippen molar-refractivity contribution in [3.8, 4) is 0 Å². The zero-order chi connectivity index (χ0) is 17.4. The summed E-state index contributed by atoms with van der Waals surface area (Å²) >= 11 is 0. The lowest BCUT2D eigenvalue weighted by Crippen LogP contribution is -2.50. The van der Waals surface area contributed by atoms with Gasteiger partial charge in [0.25, 0.3) is 5.91 Å². The standard InChI is InChI=1S/C18H28FN3O2/c19-15-8-6-13(7-9-15)10-11-22-18(23)17(24-21)16(20)12-14-4-2-1-3-5-14/h6-9,14,16-17H,1-5,10-12,20-21H2,(H,22,23). The van der Waals surface area contributed by atoms with E-state index in [0.29, 0.717) is 18.9 Å². The monoisotopic (exact) mass is 337 g/mol. The van der Waals surface area contributed by atoms with E-state index >= 15 is 0 Å². The van der Waals surface area contributed by atoms with Crippen molar-refractivity contribution in [3.63, 3.8) is 0 Å².